The van der Waals surface area contributed by atoms with Crippen molar-refractivity contribution in [2.45, 2.75) is 26.2 Å². The second-order valence-electron chi connectivity index (χ2n) is 6.16. The first-order chi connectivity index (χ1) is 13.5. The van der Waals surface area contributed by atoms with Gasteiger partial charge in [-0.15, -0.1) is 0 Å². The van der Waals surface area contributed by atoms with Crippen LogP contribution in [0, 0.1) is 10.1 Å². The van der Waals surface area contributed by atoms with Crippen molar-refractivity contribution < 1.29 is 4.92 Å². The molecule has 9 heteroatoms. The minimum atomic E-state index is -0.472. The molecular weight excluding hydrogens is 378 g/mol. The third-order valence-electron chi connectivity index (χ3n) is 4.15. The van der Waals surface area contributed by atoms with E-state index in [1.807, 2.05) is 12.1 Å². The zero-order chi connectivity index (χ0) is 20.1. The van der Waals surface area contributed by atoms with E-state index in [4.69, 9.17) is 12.2 Å². The Morgan fingerprint density at radius 1 is 1.21 bits per heavy atom. The second-order valence-corrected chi connectivity index (χ2v) is 6.57. The highest BCUT2D eigenvalue weighted by Gasteiger charge is 2.12. The van der Waals surface area contributed by atoms with Crippen LogP contribution in [-0.2, 0) is 6.42 Å². The van der Waals surface area contributed by atoms with E-state index in [-0.39, 0.29) is 16.4 Å². The summed E-state index contributed by atoms with van der Waals surface area (Å²) in [4.78, 5) is 27.8. The molecule has 0 bridgehead atoms. The Labute approximate surface area is 166 Å². The molecule has 0 amide bonds. The fourth-order valence-electron chi connectivity index (χ4n) is 2.72. The number of benzene rings is 2. The Bertz CT molecular complexity index is 1080. The van der Waals surface area contributed by atoms with Crippen molar-refractivity contribution >= 4 is 39.6 Å². The van der Waals surface area contributed by atoms with Gasteiger partial charge < -0.3 is 5.32 Å². The number of nitrogens with one attached hydrogen (secondary N) is 2. The number of nitro benzene ring substituents is 1. The van der Waals surface area contributed by atoms with E-state index in [1.54, 1.807) is 24.3 Å². The topological polar surface area (TPSA) is 102 Å². The summed E-state index contributed by atoms with van der Waals surface area (Å²) in [5.41, 5.74) is 3.86. The van der Waals surface area contributed by atoms with E-state index < -0.39 is 4.92 Å². The van der Waals surface area contributed by atoms with Crippen LogP contribution in [0.4, 0.5) is 11.4 Å². The number of aryl methyl sites for hydroxylation is 1. The molecule has 0 spiro atoms. The molecule has 0 unspecified atom stereocenters. The van der Waals surface area contributed by atoms with Gasteiger partial charge in [-0.1, -0.05) is 25.5 Å². The first kappa shape index (κ1) is 19.4. The van der Waals surface area contributed by atoms with E-state index >= 15 is 0 Å². The molecule has 8 nitrogen and oxygen atoms in total. The van der Waals surface area contributed by atoms with E-state index in [0.717, 1.165) is 12.8 Å². The molecule has 2 aromatic carbocycles. The number of nitrogens with zero attached hydrogens (tertiary/aromatic N) is 3. The summed E-state index contributed by atoms with van der Waals surface area (Å²) in [6, 6.07) is 13.0. The summed E-state index contributed by atoms with van der Waals surface area (Å²) in [5, 5.41) is 14.4. The van der Waals surface area contributed by atoms with Crippen LogP contribution >= 0.6 is 12.2 Å². The van der Waals surface area contributed by atoms with E-state index in [9.17, 15) is 14.9 Å². The number of non-ortho nitro benzene ring substituents is 1. The van der Waals surface area contributed by atoms with Crippen molar-refractivity contribution in [3.63, 3.8) is 0 Å². The number of aromatic nitrogens is 2. The number of nitro groups is 1. The van der Waals surface area contributed by atoms with Crippen LogP contribution in [0.5, 0.6) is 0 Å². The SMILES string of the molecule is CCCCc1nc2ccccc2c(=O)n1NC(=S)Nc1ccc([N+](=O)[O-])cc1. The number of rotatable bonds is 6. The zero-order valence-corrected chi connectivity index (χ0v) is 16.0. The van der Waals surface area contributed by atoms with Gasteiger partial charge >= 0.3 is 0 Å². The van der Waals surface area contributed by atoms with Crippen molar-refractivity contribution in [2.24, 2.45) is 0 Å². The normalized spacial score (nSPS) is 10.6. The molecule has 1 aromatic heterocycles. The smallest absolute Gasteiger partial charge is 0.280 e. The van der Waals surface area contributed by atoms with E-state index in [0.29, 0.717) is 28.8 Å². The zero-order valence-electron chi connectivity index (χ0n) is 15.2. The largest absolute Gasteiger partial charge is 0.331 e. The predicted octanol–water partition coefficient (Wildman–Crippen LogP) is 3.59. The van der Waals surface area contributed by atoms with Crippen LogP contribution in [0.25, 0.3) is 10.9 Å². The van der Waals surface area contributed by atoms with Crippen LogP contribution in [0.15, 0.2) is 53.3 Å². The van der Waals surface area contributed by atoms with Crippen molar-refractivity contribution in [2.75, 3.05) is 10.7 Å². The molecule has 0 fully saturated rings. The molecule has 0 radical (unpaired) electrons. The fraction of sp³-hybridized carbons (Fsp3) is 0.211. The Morgan fingerprint density at radius 2 is 1.93 bits per heavy atom. The summed E-state index contributed by atoms with van der Waals surface area (Å²) in [6.07, 6.45) is 2.48. The summed E-state index contributed by atoms with van der Waals surface area (Å²) in [6.45, 7) is 2.07. The lowest BCUT2D eigenvalue weighted by molar-refractivity contribution is -0.384. The summed E-state index contributed by atoms with van der Waals surface area (Å²) in [7, 11) is 0. The van der Waals surface area contributed by atoms with Crippen LogP contribution < -0.4 is 16.3 Å². The number of unbranched alkanes of at least 4 members (excludes halogenated alkanes) is 1. The molecule has 1 heterocycles. The molecule has 0 saturated carbocycles. The molecule has 0 saturated heterocycles. The Morgan fingerprint density at radius 3 is 2.61 bits per heavy atom. The molecule has 3 rings (SSSR count). The predicted molar refractivity (Wildman–Crippen MR) is 113 cm³/mol. The molecule has 0 aliphatic carbocycles. The number of fused-ring (bicyclic) bond motifs is 1. The van der Waals surface area contributed by atoms with Gasteiger partial charge in [-0.3, -0.25) is 20.3 Å². The lowest BCUT2D eigenvalue weighted by Gasteiger charge is -2.16. The van der Waals surface area contributed by atoms with Crippen LogP contribution in [0.3, 0.4) is 0 Å². The highest BCUT2D eigenvalue weighted by atomic mass is 32.1. The van der Waals surface area contributed by atoms with Gasteiger partial charge in [0, 0.05) is 24.2 Å². The number of para-hydroxylation sites is 1. The highest BCUT2D eigenvalue weighted by molar-refractivity contribution is 7.80. The van der Waals surface area contributed by atoms with Gasteiger partial charge in [0.05, 0.1) is 15.8 Å². The molecular formula is C19H19N5O3S. The van der Waals surface area contributed by atoms with Crippen molar-refractivity contribution in [3.8, 4) is 0 Å². The Hall–Kier alpha value is -3.33. The van der Waals surface area contributed by atoms with Crippen LogP contribution in [0.2, 0.25) is 0 Å². The minimum Gasteiger partial charge on any atom is -0.331 e. The Balaban J connectivity index is 1.87. The van der Waals surface area contributed by atoms with Crippen molar-refractivity contribution in [3.05, 3.63) is 74.8 Å². The fourth-order valence-corrected chi connectivity index (χ4v) is 2.93. The third kappa shape index (κ3) is 4.32. The highest BCUT2D eigenvalue weighted by Crippen LogP contribution is 2.15. The second kappa shape index (κ2) is 8.57. The molecule has 28 heavy (non-hydrogen) atoms. The molecule has 3 aromatic rings. The lowest BCUT2D eigenvalue weighted by Crippen LogP contribution is -2.38. The summed E-state index contributed by atoms with van der Waals surface area (Å²) in [5.74, 6) is 0.596. The van der Waals surface area contributed by atoms with E-state index in [1.165, 1.54) is 16.8 Å². The first-order valence-electron chi connectivity index (χ1n) is 8.82. The van der Waals surface area contributed by atoms with Crippen molar-refractivity contribution in [1.82, 2.24) is 9.66 Å². The molecule has 144 valence electrons. The summed E-state index contributed by atoms with van der Waals surface area (Å²) < 4.78 is 1.36. The number of thiocarbonyl (C=S) groups is 1. The van der Waals surface area contributed by atoms with Gasteiger partial charge in [0.25, 0.3) is 11.2 Å². The minimum absolute atomic E-state index is 0.0128. The maximum Gasteiger partial charge on any atom is 0.280 e. The average molecular weight is 397 g/mol. The van der Waals surface area contributed by atoms with Gasteiger partial charge in [-0.25, -0.2) is 9.66 Å². The standard InChI is InChI=1S/C19H19N5O3S/c1-2-3-8-17-21-16-7-5-4-6-15(16)18(25)23(17)22-19(28)20-13-9-11-14(12-10-13)24(26)27/h4-7,9-12H,2-3,8H2,1H3,(H2,20,22,28). The number of hydrogen-bond donors (Lipinski definition) is 2. The maximum absolute atomic E-state index is 12.9. The van der Waals surface area contributed by atoms with Gasteiger partial charge in [0.1, 0.15) is 5.82 Å². The van der Waals surface area contributed by atoms with Gasteiger partial charge in [0.15, 0.2) is 5.11 Å². The van der Waals surface area contributed by atoms with Crippen LogP contribution in [0.1, 0.15) is 25.6 Å². The quantitative estimate of drug-likeness (QED) is 0.372. The van der Waals surface area contributed by atoms with Gasteiger partial charge in [-0.05, 0) is 42.9 Å². The Kier molecular flexibility index (Phi) is 5.95. The molecule has 0 atom stereocenters. The summed E-state index contributed by atoms with van der Waals surface area (Å²) >= 11 is 5.31. The average Bonchev–Trinajstić information content (AvgIpc) is 2.69. The maximum atomic E-state index is 12.9. The molecule has 0 aliphatic rings. The molecule has 0 aliphatic heterocycles. The van der Waals surface area contributed by atoms with Crippen LogP contribution in [-0.4, -0.2) is 19.7 Å². The monoisotopic (exact) mass is 397 g/mol. The molecule has 2 N–H and O–H groups in total. The number of anilines is 1. The first-order valence-corrected chi connectivity index (χ1v) is 9.23. The van der Waals surface area contributed by atoms with E-state index in [2.05, 4.69) is 22.7 Å². The van der Waals surface area contributed by atoms with Crippen molar-refractivity contribution in [1.29, 1.82) is 0 Å². The number of hydrogen-bond acceptors (Lipinski definition) is 5. The third-order valence-corrected chi connectivity index (χ3v) is 4.34. The lowest BCUT2D eigenvalue weighted by atomic mass is 10.2. The van der Waals surface area contributed by atoms with Gasteiger partial charge in [0.2, 0.25) is 0 Å². The van der Waals surface area contributed by atoms with Gasteiger partial charge in [-0.2, -0.15) is 0 Å².